The Morgan fingerprint density at radius 1 is 1.43 bits per heavy atom. The number of sulfone groups is 1. The van der Waals surface area contributed by atoms with E-state index in [0.29, 0.717) is 0 Å². The first-order valence-corrected chi connectivity index (χ1v) is 6.34. The van der Waals surface area contributed by atoms with Gasteiger partial charge in [-0.25, -0.2) is 8.42 Å². The largest absolute Gasteiger partial charge is 0.468 e. The van der Waals surface area contributed by atoms with Crippen LogP contribution in [0.2, 0.25) is 0 Å². The van der Waals surface area contributed by atoms with Crippen LogP contribution in [0.15, 0.2) is 0 Å². The van der Waals surface area contributed by atoms with Crippen LogP contribution < -0.4 is 5.32 Å². The molecular formula is C8H17NO4S. The van der Waals surface area contributed by atoms with Gasteiger partial charge in [-0.15, -0.1) is 0 Å². The predicted octanol–water partition coefficient (Wildman–Crippen LogP) is -0.429. The molecule has 0 aromatic rings. The fourth-order valence-electron chi connectivity index (χ4n) is 1.17. The molecule has 0 aromatic carbocycles. The number of nitrogens with one attached hydrogen (secondary N) is 1. The van der Waals surface area contributed by atoms with Crippen LogP contribution in [-0.2, 0) is 19.4 Å². The lowest BCUT2D eigenvalue weighted by Gasteiger charge is -2.17. The van der Waals surface area contributed by atoms with Gasteiger partial charge in [0.05, 0.1) is 12.9 Å². The highest BCUT2D eigenvalue weighted by Gasteiger charge is 2.17. The van der Waals surface area contributed by atoms with Gasteiger partial charge in [0, 0.05) is 12.3 Å². The first-order chi connectivity index (χ1) is 6.26. The Hall–Kier alpha value is -0.620. The quantitative estimate of drug-likeness (QED) is 0.640. The molecule has 0 radical (unpaired) electrons. The summed E-state index contributed by atoms with van der Waals surface area (Å²) in [6.07, 6.45) is 1.16. The molecule has 0 aliphatic carbocycles. The van der Waals surface area contributed by atoms with Gasteiger partial charge in [-0.05, 0) is 13.8 Å². The molecule has 0 rings (SSSR count). The summed E-state index contributed by atoms with van der Waals surface area (Å²) >= 11 is 0. The van der Waals surface area contributed by atoms with Crippen molar-refractivity contribution < 1.29 is 17.9 Å². The average Bonchev–Trinajstić information content (AvgIpc) is 1.99. The topological polar surface area (TPSA) is 72.5 Å². The monoisotopic (exact) mass is 223 g/mol. The number of methoxy groups -OCH3 is 1. The van der Waals surface area contributed by atoms with Crippen molar-refractivity contribution in [2.45, 2.75) is 25.9 Å². The van der Waals surface area contributed by atoms with Gasteiger partial charge in [0.2, 0.25) is 0 Å². The van der Waals surface area contributed by atoms with E-state index < -0.39 is 21.8 Å². The number of esters is 1. The van der Waals surface area contributed by atoms with Crippen molar-refractivity contribution >= 4 is 15.8 Å². The Morgan fingerprint density at radius 3 is 2.29 bits per heavy atom. The standard InChI is InChI=1S/C8H17NO4S/c1-6(5-14(4,11)12)9-7(2)8(10)13-3/h6-7,9H,5H2,1-4H3/t6?,7-/m0/s1. The molecule has 0 fully saturated rings. The Balaban J connectivity index is 4.07. The first-order valence-electron chi connectivity index (χ1n) is 4.28. The van der Waals surface area contributed by atoms with Gasteiger partial charge in [-0.3, -0.25) is 4.79 Å². The van der Waals surface area contributed by atoms with Gasteiger partial charge in [0.25, 0.3) is 0 Å². The smallest absolute Gasteiger partial charge is 0.322 e. The van der Waals surface area contributed by atoms with E-state index in [-0.39, 0.29) is 11.8 Å². The zero-order chi connectivity index (χ0) is 11.4. The molecule has 0 amide bonds. The summed E-state index contributed by atoms with van der Waals surface area (Å²) in [4.78, 5) is 11.0. The predicted molar refractivity (Wildman–Crippen MR) is 53.8 cm³/mol. The lowest BCUT2D eigenvalue weighted by molar-refractivity contribution is -0.142. The van der Waals surface area contributed by atoms with Crippen LogP contribution in [0.3, 0.4) is 0 Å². The van der Waals surface area contributed by atoms with Crippen LogP contribution in [0.5, 0.6) is 0 Å². The van der Waals surface area contributed by atoms with Crippen LogP contribution in [0.4, 0.5) is 0 Å². The number of hydrogen-bond acceptors (Lipinski definition) is 5. The minimum Gasteiger partial charge on any atom is -0.468 e. The van der Waals surface area contributed by atoms with E-state index in [1.165, 1.54) is 7.11 Å². The Morgan fingerprint density at radius 2 is 1.93 bits per heavy atom. The maximum absolute atomic E-state index is 11.0. The zero-order valence-electron chi connectivity index (χ0n) is 8.90. The summed E-state index contributed by atoms with van der Waals surface area (Å²) in [5.41, 5.74) is 0. The van der Waals surface area contributed by atoms with Crippen LogP contribution in [-0.4, -0.2) is 45.6 Å². The molecule has 1 unspecified atom stereocenters. The van der Waals surface area contributed by atoms with E-state index in [4.69, 9.17) is 0 Å². The van der Waals surface area contributed by atoms with E-state index in [9.17, 15) is 13.2 Å². The van der Waals surface area contributed by atoms with Crippen LogP contribution in [0.25, 0.3) is 0 Å². The lowest BCUT2D eigenvalue weighted by Crippen LogP contribution is -2.43. The Labute approximate surface area is 84.7 Å². The molecule has 6 heteroatoms. The summed E-state index contributed by atoms with van der Waals surface area (Å²) < 4.78 is 26.3. The lowest BCUT2D eigenvalue weighted by atomic mass is 10.3. The van der Waals surface area contributed by atoms with Crippen molar-refractivity contribution in [2.24, 2.45) is 0 Å². The van der Waals surface area contributed by atoms with Crippen LogP contribution in [0.1, 0.15) is 13.8 Å². The maximum atomic E-state index is 11.0. The highest BCUT2D eigenvalue weighted by molar-refractivity contribution is 7.90. The molecule has 0 aliphatic heterocycles. The normalized spacial score (nSPS) is 16.0. The number of carbonyl (C=O) groups excluding carboxylic acids is 1. The highest BCUT2D eigenvalue weighted by Crippen LogP contribution is 1.94. The third kappa shape index (κ3) is 5.93. The summed E-state index contributed by atoms with van der Waals surface area (Å²) in [7, 11) is -1.72. The fraction of sp³-hybridized carbons (Fsp3) is 0.875. The van der Waals surface area contributed by atoms with Crippen LogP contribution in [0, 0.1) is 0 Å². The zero-order valence-corrected chi connectivity index (χ0v) is 9.72. The van der Waals surface area contributed by atoms with Crippen LogP contribution >= 0.6 is 0 Å². The van der Waals surface area contributed by atoms with Crippen molar-refractivity contribution in [2.75, 3.05) is 19.1 Å². The molecule has 0 saturated heterocycles. The molecule has 0 saturated carbocycles. The Kier molecular flexibility index (Phi) is 5.07. The minimum atomic E-state index is -3.02. The molecule has 0 aromatic heterocycles. The second kappa shape index (κ2) is 5.31. The third-order valence-electron chi connectivity index (χ3n) is 1.64. The van der Waals surface area contributed by atoms with E-state index in [1.54, 1.807) is 13.8 Å². The minimum absolute atomic E-state index is 0.00827. The second-order valence-electron chi connectivity index (χ2n) is 3.40. The SMILES string of the molecule is COC(=O)[C@H](C)NC(C)CS(C)(=O)=O. The van der Waals surface area contributed by atoms with Gasteiger partial charge in [0.15, 0.2) is 0 Å². The highest BCUT2D eigenvalue weighted by atomic mass is 32.2. The molecule has 14 heavy (non-hydrogen) atoms. The third-order valence-corrected chi connectivity index (χ3v) is 2.75. The molecular weight excluding hydrogens is 206 g/mol. The summed E-state index contributed by atoms with van der Waals surface area (Å²) in [5.74, 6) is -0.390. The van der Waals surface area contributed by atoms with E-state index >= 15 is 0 Å². The van der Waals surface area contributed by atoms with Gasteiger partial charge in [-0.1, -0.05) is 0 Å². The number of hydrogen-bond donors (Lipinski definition) is 1. The van der Waals surface area contributed by atoms with Gasteiger partial charge < -0.3 is 10.1 Å². The number of ether oxygens (including phenoxy) is 1. The summed E-state index contributed by atoms with van der Waals surface area (Å²) in [5, 5.41) is 2.83. The Bertz CT molecular complexity index is 286. The van der Waals surface area contributed by atoms with E-state index in [0.717, 1.165) is 6.26 Å². The van der Waals surface area contributed by atoms with E-state index in [2.05, 4.69) is 10.1 Å². The summed E-state index contributed by atoms with van der Waals surface area (Å²) in [6, 6.07) is -0.754. The maximum Gasteiger partial charge on any atom is 0.322 e. The molecule has 0 spiro atoms. The molecule has 84 valence electrons. The van der Waals surface area contributed by atoms with Crippen molar-refractivity contribution in [3.63, 3.8) is 0 Å². The molecule has 0 aliphatic rings. The molecule has 0 heterocycles. The molecule has 5 nitrogen and oxygen atoms in total. The van der Waals surface area contributed by atoms with Gasteiger partial charge in [0.1, 0.15) is 15.9 Å². The summed E-state index contributed by atoms with van der Waals surface area (Å²) in [6.45, 7) is 3.34. The van der Waals surface area contributed by atoms with Crippen molar-refractivity contribution in [1.82, 2.24) is 5.32 Å². The fourth-order valence-corrected chi connectivity index (χ4v) is 2.18. The van der Waals surface area contributed by atoms with Crippen molar-refractivity contribution in [3.05, 3.63) is 0 Å². The average molecular weight is 223 g/mol. The molecule has 1 N–H and O–H groups in total. The first kappa shape index (κ1) is 13.4. The van der Waals surface area contributed by atoms with Crippen molar-refractivity contribution in [1.29, 1.82) is 0 Å². The number of carbonyl (C=O) groups is 1. The van der Waals surface area contributed by atoms with Gasteiger partial charge in [-0.2, -0.15) is 0 Å². The van der Waals surface area contributed by atoms with E-state index in [1.807, 2.05) is 0 Å². The van der Waals surface area contributed by atoms with Gasteiger partial charge >= 0.3 is 5.97 Å². The number of rotatable bonds is 5. The van der Waals surface area contributed by atoms with Crippen molar-refractivity contribution in [3.8, 4) is 0 Å². The second-order valence-corrected chi connectivity index (χ2v) is 5.59. The molecule has 0 bridgehead atoms. The molecule has 2 atom stereocenters.